The third-order valence-corrected chi connectivity index (χ3v) is 6.56. The zero-order valence-electron chi connectivity index (χ0n) is 20.1. The lowest BCUT2D eigenvalue weighted by Crippen LogP contribution is -2.44. The molecular formula is C29H30N4O3. The Kier molecular flexibility index (Phi) is 7.50. The number of anilines is 2. The van der Waals surface area contributed by atoms with Crippen LogP contribution in [0.5, 0.6) is 5.75 Å². The number of pyridine rings is 2. The Morgan fingerprint density at radius 2 is 1.72 bits per heavy atom. The van der Waals surface area contributed by atoms with Crippen LogP contribution in [0.15, 0.2) is 91.3 Å². The molecule has 0 saturated carbocycles. The topological polar surface area (TPSA) is 78.8 Å². The maximum absolute atomic E-state index is 13.6. The molecule has 1 aliphatic rings. The number of para-hydroxylation sites is 1. The first kappa shape index (κ1) is 23.9. The molecule has 184 valence electrons. The number of hydrogen-bond donors (Lipinski definition) is 1. The summed E-state index contributed by atoms with van der Waals surface area (Å²) in [5.74, 6) is 1.32. The van der Waals surface area contributed by atoms with E-state index in [0.717, 1.165) is 48.3 Å². The van der Waals surface area contributed by atoms with Gasteiger partial charge in [0, 0.05) is 30.2 Å². The van der Waals surface area contributed by atoms with Crippen molar-refractivity contribution in [2.24, 2.45) is 5.92 Å². The van der Waals surface area contributed by atoms with Gasteiger partial charge >= 0.3 is 0 Å². The smallest absolute Gasteiger partial charge is 0.235 e. The lowest BCUT2D eigenvalue weighted by atomic mass is 9.94. The number of likely N-dealkylation sites (tertiary alicyclic amines) is 1. The largest absolute Gasteiger partial charge is 0.490 e. The number of piperidine rings is 1. The van der Waals surface area contributed by atoms with Crippen LogP contribution in [0.1, 0.15) is 12.8 Å². The van der Waals surface area contributed by atoms with Crippen LogP contribution in [0, 0.1) is 5.92 Å². The molecule has 1 saturated heterocycles. The highest BCUT2D eigenvalue weighted by atomic mass is 16.5. The normalized spacial score (nSPS) is 15.5. The predicted octanol–water partition coefficient (Wildman–Crippen LogP) is 4.45. The quantitative estimate of drug-likeness (QED) is 0.400. The highest BCUT2D eigenvalue weighted by molar-refractivity contribution is 6.01. The summed E-state index contributed by atoms with van der Waals surface area (Å²) >= 11 is 0. The van der Waals surface area contributed by atoms with Crippen LogP contribution in [0.2, 0.25) is 0 Å². The van der Waals surface area contributed by atoms with Crippen LogP contribution in [0.3, 0.4) is 0 Å². The van der Waals surface area contributed by atoms with Crippen molar-refractivity contribution in [2.45, 2.75) is 18.9 Å². The Balaban J connectivity index is 1.16. The van der Waals surface area contributed by atoms with Crippen LogP contribution in [-0.4, -0.2) is 58.2 Å². The SMILES string of the molecule is O=C(C1CCN(CC(O)COc2cccc3ncccc23)CC1)N(c1ccccc1)c1ccccn1. The summed E-state index contributed by atoms with van der Waals surface area (Å²) in [6, 6.07) is 24.9. The Morgan fingerprint density at radius 3 is 2.50 bits per heavy atom. The van der Waals surface area contributed by atoms with Gasteiger partial charge in [-0.3, -0.25) is 14.7 Å². The molecule has 5 rings (SSSR count). The number of fused-ring (bicyclic) bond motifs is 1. The third-order valence-electron chi connectivity index (χ3n) is 6.56. The second-order valence-electron chi connectivity index (χ2n) is 9.06. The molecule has 0 aliphatic carbocycles. The number of carbonyl (C=O) groups excluding carboxylic acids is 1. The molecule has 0 bridgehead atoms. The molecule has 2 aromatic carbocycles. The zero-order chi connectivity index (χ0) is 24.7. The molecule has 1 atom stereocenters. The van der Waals surface area contributed by atoms with Gasteiger partial charge in [-0.2, -0.15) is 0 Å². The van der Waals surface area contributed by atoms with Gasteiger partial charge in [-0.05, 0) is 74.5 Å². The average Bonchev–Trinajstić information content (AvgIpc) is 2.93. The molecule has 1 amide bonds. The number of amides is 1. The number of aliphatic hydroxyl groups is 1. The lowest BCUT2D eigenvalue weighted by molar-refractivity contribution is -0.123. The molecule has 7 heteroatoms. The monoisotopic (exact) mass is 482 g/mol. The van der Waals surface area contributed by atoms with Gasteiger partial charge in [0.05, 0.1) is 11.2 Å². The van der Waals surface area contributed by atoms with E-state index in [-0.39, 0.29) is 18.4 Å². The molecule has 1 fully saturated rings. The van der Waals surface area contributed by atoms with Gasteiger partial charge in [0.1, 0.15) is 24.3 Å². The third kappa shape index (κ3) is 5.53. The van der Waals surface area contributed by atoms with E-state index in [1.54, 1.807) is 17.3 Å². The molecule has 0 spiro atoms. The first-order chi connectivity index (χ1) is 17.7. The number of carbonyl (C=O) groups is 1. The van der Waals surface area contributed by atoms with Gasteiger partial charge < -0.3 is 14.7 Å². The van der Waals surface area contributed by atoms with E-state index in [0.29, 0.717) is 12.4 Å². The molecular weight excluding hydrogens is 452 g/mol. The minimum atomic E-state index is -0.626. The maximum Gasteiger partial charge on any atom is 0.235 e. The molecule has 4 aromatic rings. The Labute approximate surface area is 211 Å². The molecule has 3 heterocycles. The van der Waals surface area contributed by atoms with Crippen LogP contribution in [-0.2, 0) is 4.79 Å². The minimum Gasteiger partial charge on any atom is -0.490 e. The lowest BCUT2D eigenvalue weighted by Gasteiger charge is -2.34. The maximum atomic E-state index is 13.6. The molecule has 7 nitrogen and oxygen atoms in total. The Hall–Kier alpha value is -3.81. The van der Waals surface area contributed by atoms with E-state index < -0.39 is 6.10 Å². The van der Waals surface area contributed by atoms with E-state index >= 15 is 0 Å². The number of hydrogen-bond acceptors (Lipinski definition) is 6. The van der Waals surface area contributed by atoms with E-state index in [1.165, 1.54) is 0 Å². The fourth-order valence-corrected chi connectivity index (χ4v) is 4.72. The van der Waals surface area contributed by atoms with Crippen molar-refractivity contribution in [1.29, 1.82) is 0 Å². The highest BCUT2D eigenvalue weighted by Gasteiger charge is 2.31. The van der Waals surface area contributed by atoms with Crippen molar-refractivity contribution in [3.8, 4) is 5.75 Å². The van der Waals surface area contributed by atoms with Crippen molar-refractivity contribution in [2.75, 3.05) is 31.1 Å². The predicted molar refractivity (Wildman–Crippen MR) is 140 cm³/mol. The summed E-state index contributed by atoms with van der Waals surface area (Å²) < 4.78 is 5.93. The van der Waals surface area contributed by atoms with Gasteiger partial charge in [0.15, 0.2) is 0 Å². The fraction of sp³-hybridized carbons (Fsp3) is 0.276. The Morgan fingerprint density at radius 1 is 0.944 bits per heavy atom. The zero-order valence-corrected chi connectivity index (χ0v) is 20.1. The van der Waals surface area contributed by atoms with Crippen molar-refractivity contribution < 1.29 is 14.6 Å². The average molecular weight is 483 g/mol. The molecule has 36 heavy (non-hydrogen) atoms. The van der Waals surface area contributed by atoms with Crippen molar-refractivity contribution >= 4 is 28.3 Å². The summed E-state index contributed by atoms with van der Waals surface area (Å²) in [6.07, 6.45) is 4.30. The number of rotatable bonds is 8. The second-order valence-corrected chi connectivity index (χ2v) is 9.06. The summed E-state index contributed by atoms with van der Waals surface area (Å²) in [7, 11) is 0. The van der Waals surface area contributed by atoms with Gasteiger partial charge in [-0.1, -0.05) is 30.3 Å². The second kappa shape index (κ2) is 11.3. The van der Waals surface area contributed by atoms with Crippen molar-refractivity contribution in [1.82, 2.24) is 14.9 Å². The minimum absolute atomic E-state index is 0.0630. The molecule has 2 aromatic heterocycles. The number of benzene rings is 2. The highest BCUT2D eigenvalue weighted by Crippen LogP contribution is 2.29. The number of β-amino-alcohol motifs (C(OH)–C–C–N with tert-alkyl or cyclic N) is 1. The number of ether oxygens (including phenoxy) is 1. The first-order valence-corrected chi connectivity index (χ1v) is 12.4. The summed E-state index contributed by atoms with van der Waals surface area (Å²) in [6.45, 7) is 2.20. The van der Waals surface area contributed by atoms with Crippen molar-refractivity contribution in [3.63, 3.8) is 0 Å². The molecule has 1 unspecified atom stereocenters. The van der Waals surface area contributed by atoms with E-state index in [2.05, 4.69) is 14.9 Å². The molecule has 1 aliphatic heterocycles. The van der Waals surface area contributed by atoms with Gasteiger partial charge in [0.25, 0.3) is 0 Å². The Bertz CT molecular complexity index is 1230. The number of aliphatic hydroxyl groups excluding tert-OH is 1. The van der Waals surface area contributed by atoms with Crippen LogP contribution in [0.25, 0.3) is 10.9 Å². The summed E-state index contributed by atoms with van der Waals surface area (Å²) in [5, 5.41) is 11.6. The fourth-order valence-electron chi connectivity index (χ4n) is 4.72. The number of nitrogens with zero attached hydrogens (tertiary/aromatic N) is 4. The summed E-state index contributed by atoms with van der Waals surface area (Å²) in [4.78, 5) is 26.3. The summed E-state index contributed by atoms with van der Waals surface area (Å²) in [5.41, 5.74) is 1.69. The standard InChI is InChI=1S/C29H30N4O3/c34-24(21-36-27-12-6-11-26-25(27)10-7-17-30-26)20-32-18-14-22(15-19-32)29(35)33(23-8-2-1-3-9-23)28-13-4-5-16-31-28/h1-13,16-17,22,24,34H,14-15,18-21H2. The van der Waals surface area contributed by atoms with Crippen molar-refractivity contribution in [3.05, 3.63) is 91.3 Å². The molecule has 1 N–H and O–H groups in total. The van der Waals surface area contributed by atoms with Gasteiger partial charge in [-0.15, -0.1) is 0 Å². The van der Waals surface area contributed by atoms with E-state index in [9.17, 15) is 9.90 Å². The van der Waals surface area contributed by atoms with Crippen LogP contribution >= 0.6 is 0 Å². The van der Waals surface area contributed by atoms with Crippen LogP contribution in [0.4, 0.5) is 11.5 Å². The van der Waals surface area contributed by atoms with E-state index in [4.69, 9.17) is 4.74 Å². The molecule has 0 radical (unpaired) electrons. The van der Waals surface area contributed by atoms with Gasteiger partial charge in [0.2, 0.25) is 5.91 Å². The first-order valence-electron chi connectivity index (χ1n) is 12.4. The number of aromatic nitrogens is 2. The van der Waals surface area contributed by atoms with Crippen LogP contribution < -0.4 is 9.64 Å². The van der Waals surface area contributed by atoms with Gasteiger partial charge in [-0.25, -0.2) is 4.98 Å². The van der Waals surface area contributed by atoms with E-state index in [1.807, 2.05) is 78.9 Å².